The molecule has 8 heteroatoms. The molecule has 2 heterocycles. The van der Waals surface area contributed by atoms with Gasteiger partial charge in [0.2, 0.25) is 17.8 Å². The lowest BCUT2D eigenvalue weighted by atomic mass is 10.0. The number of carbonyl (C=O) groups is 2. The van der Waals surface area contributed by atoms with Gasteiger partial charge < -0.3 is 10.1 Å². The summed E-state index contributed by atoms with van der Waals surface area (Å²) in [6.07, 6.45) is 0.0602. The summed E-state index contributed by atoms with van der Waals surface area (Å²) in [5, 5.41) is 9.69. The van der Waals surface area contributed by atoms with Gasteiger partial charge in [-0.05, 0) is 26.0 Å². The van der Waals surface area contributed by atoms with E-state index in [2.05, 4.69) is 20.7 Å². The van der Waals surface area contributed by atoms with Crippen molar-refractivity contribution in [2.75, 3.05) is 17.2 Å². The fraction of sp³-hybridized carbons (Fsp3) is 0.375. The highest BCUT2D eigenvalue weighted by molar-refractivity contribution is 5.98. The number of anilines is 2. The minimum absolute atomic E-state index is 0.0602. The number of aromatic nitrogens is 3. The average molecular weight is 329 g/mol. The first-order valence-corrected chi connectivity index (χ1v) is 7.80. The Balaban J connectivity index is 1.66. The minimum atomic E-state index is -0.488. The molecule has 1 aromatic heterocycles. The topological polar surface area (TPSA) is 98.1 Å². The molecule has 2 N–H and O–H groups in total. The van der Waals surface area contributed by atoms with Crippen molar-refractivity contribution in [2.45, 2.75) is 26.8 Å². The van der Waals surface area contributed by atoms with Gasteiger partial charge in [0.1, 0.15) is 11.6 Å². The molecule has 1 aliphatic heterocycles. The summed E-state index contributed by atoms with van der Waals surface area (Å²) in [6, 6.07) is 7.21. The third kappa shape index (κ3) is 3.37. The van der Waals surface area contributed by atoms with Gasteiger partial charge in [-0.25, -0.2) is 4.68 Å². The molecular weight excluding hydrogens is 310 g/mol. The number of carbonyl (C=O) groups excluding carboxylic acids is 2. The molecule has 1 aliphatic rings. The number of ether oxygens (including phenoxy) is 1. The number of nitrogens with zero attached hydrogens (tertiary/aromatic N) is 3. The maximum Gasteiger partial charge on any atom is 0.232 e. The summed E-state index contributed by atoms with van der Waals surface area (Å²) in [6.45, 7) is 4.47. The van der Waals surface area contributed by atoms with Crippen LogP contribution in [-0.4, -0.2) is 33.2 Å². The molecular formula is C16H19N5O3. The predicted molar refractivity (Wildman–Crippen MR) is 87.7 cm³/mol. The van der Waals surface area contributed by atoms with Crippen LogP contribution in [0.25, 0.3) is 0 Å². The molecule has 2 aromatic rings. The van der Waals surface area contributed by atoms with E-state index in [1.54, 1.807) is 23.7 Å². The second-order valence-corrected chi connectivity index (χ2v) is 5.53. The molecule has 126 valence electrons. The first-order valence-electron chi connectivity index (χ1n) is 7.80. The van der Waals surface area contributed by atoms with Gasteiger partial charge in [-0.2, -0.15) is 10.1 Å². The standard InChI is InChI=1S/C16H19N5O3/c1-3-24-13-7-5-4-6-12(13)18-14(22)8-11-9-21-16(19-15(11)23)17-10(2)20-21/h4-7,11H,3,8-9H2,1-2H3,(H,18,22)(H,17,19,20,23)/t11-/m0/s1. The number of rotatable bonds is 5. The van der Waals surface area contributed by atoms with E-state index in [1.165, 1.54) is 0 Å². The predicted octanol–water partition coefficient (Wildman–Crippen LogP) is 1.58. The average Bonchev–Trinajstić information content (AvgIpc) is 2.89. The van der Waals surface area contributed by atoms with Crippen LogP contribution in [0.3, 0.4) is 0 Å². The lowest BCUT2D eigenvalue weighted by molar-refractivity contribution is -0.126. The maximum absolute atomic E-state index is 12.3. The summed E-state index contributed by atoms with van der Waals surface area (Å²) in [5.74, 6) is 0.663. The van der Waals surface area contributed by atoms with E-state index < -0.39 is 5.92 Å². The van der Waals surface area contributed by atoms with E-state index in [9.17, 15) is 9.59 Å². The fourth-order valence-electron chi connectivity index (χ4n) is 2.61. The SMILES string of the molecule is CCOc1ccccc1NC(=O)C[C@H]1Cn2nc(C)nc2NC1=O. The summed E-state index contributed by atoms with van der Waals surface area (Å²) in [4.78, 5) is 28.6. The Labute approximate surface area is 139 Å². The second kappa shape index (κ2) is 6.69. The van der Waals surface area contributed by atoms with Crippen molar-refractivity contribution >= 4 is 23.5 Å². The second-order valence-electron chi connectivity index (χ2n) is 5.53. The van der Waals surface area contributed by atoms with Crippen molar-refractivity contribution < 1.29 is 14.3 Å². The molecule has 0 spiro atoms. The van der Waals surface area contributed by atoms with Crippen molar-refractivity contribution in [1.82, 2.24) is 14.8 Å². The van der Waals surface area contributed by atoms with Gasteiger partial charge in [-0.1, -0.05) is 12.1 Å². The van der Waals surface area contributed by atoms with E-state index >= 15 is 0 Å². The van der Waals surface area contributed by atoms with E-state index in [0.29, 0.717) is 36.4 Å². The first-order chi connectivity index (χ1) is 11.6. The van der Waals surface area contributed by atoms with Gasteiger partial charge in [0.15, 0.2) is 0 Å². The van der Waals surface area contributed by atoms with Gasteiger partial charge in [0, 0.05) is 6.42 Å². The molecule has 1 aromatic carbocycles. The Bertz CT molecular complexity index is 771. The quantitative estimate of drug-likeness (QED) is 0.868. The molecule has 0 fully saturated rings. The molecule has 0 radical (unpaired) electrons. The highest BCUT2D eigenvalue weighted by Crippen LogP contribution is 2.25. The molecule has 8 nitrogen and oxygen atoms in total. The number of benzene rings is 1. The molecule has 0 bridgehead atoms. The molecule has 0 saturated carbocycles. The summed E-state index contributed by atoms with van der Waals surface area (Å²) >= 11 is 0. The molecule has 2 amide bonds. The smallest absolute Gasteiger partial charge is 0.232 e. The van der Waals surface area contributed by atoms with Crippen LogP contribution in [0.15, 0.2) is 24.3 Å². The third-order valence-electron chi connectivity index (χ3n) is 3.67. The minimum Gasteiger partial charge on any atom is -0.492 e. The van der Waals surface area contributed by atoms with Gasteiger partial charge in [0.25, 0.3) is 0 Å². The summed E-state index contributed by atoms with van der Waals surface area (Å²) in [7, 11) is 0. The molecule has 24 heavy (non-hydrogen) atoms. The molecule has 3 rings (SSSR count). The van der Waals surface area contributed by atoms with Gasteiger partial charge in [0.05, 0.1) is 24.8 Å². The van der Waals surface area contributed by atoms with Gasteiger partial charge in [-0.15, -0.1) is 0 Å². The summed E-state index contributed by atoms with van der Waals surface area (Å²) < 4.78 is 7.10. The number of hydrogen-bond donors (Lipinski definition) is 2. The highest BCUT2D eigenvalue weighted by atomic mass is 16.5. The van der Waals surface area contributed by atoms with Crippen LogP contribution in [0.2, 0.25) is 0 Å². The number of nitrogens with one attached hydrogen (secondary N) is 2. The number of aryl methyl sites for hydroxylation is 1. The zero-order chi connectivity index (χ0) is 17.1. The lowest BCUT2D eigenvalue weighted by Crippen LogP contribution is -2.36. The highest BCUT2D eigenvalue weighted by Gasteiger charge is 2.30. The molecule has 0 aliphatic carbocycles. The van der Waals surface area contributed by atoms with E-state index in [-0.39, 0.29) is 18.2 Å². The van der Waals surface area contributed by atoms with Crippen molar-refractivity contribution in [3.63, 3.8) is 0 Å². The zero-order valence-electron chi connectivity index (χ0n) is 13.6. The van der Waals surface area contributed by atoms with Crippen molar-refractivity contribution in [3.8, 4) is 5.75 Å². The van der Waals surface area contributed by atoms with Gasteiger partial charge >= 0.3 is 0 Å². The number of amides is 2. The summed E-state index contributed by atoms with van der Waals surface area (Å²) in [5.41, 5.74) is 0.595. The van der Waals surface area contributed by atoms with Crippen LogP contribution >= 0.6 is 0 Å². The molecule has 1 atom stereocenters. The largest absolute Gasteiger partial charge is 0.492 e. The van der Waals surface area contributed by atoms with Gasteiger partial charge in [-0.3, -0.25) is 14.9 Å². The first kappa shape index (κ1) is 16.0. The number of para-hydroxylation sites is 2. The van der Waals surface area contributed by atoms with Crippen LogP contribution in [0.5, 0.6) is 5.75 Å². The Morgan fingerprint density at radius 1 is 1.46 bits per heavy atom. The Morgan fingerprint density at radius 2 is 2.25 bits per heavy atom. The molecule has 0 unspecified atom stereocenters. The normalized spacial score (nSPS) is 16.2. The fourth-order valence-corrected chi connectivity index (χ4v) is 2.61. The van der Waals surface area contributed by atoms with Crippen molar-refractivity contribution in [3.05, 3.63) is 30.1 Å². The number of fused-ring (bicyclic) bond motifs is 1. The van der Waals surface area contributed by atoms with Crippen LogP contribution in [0.1, 0.15) is 19.2 Å². The number of hydrogen-bond acceptors (Lipinski definition) is 5. The van der Waals surface area contributed by atoms with Crippen LogP contribution in [0, 0.1) is 12.8 Å². The third-order valence-corrected chi connectivity index (χ3v) is 3.67. The van der Waals surface area contributed by atoms with Crippen LogP contribution in [-0.2, 0) is 16.1 Å². The Kier molecular flexibility index (Phi) is 4.45. The Hall–Kier alpha value is -2.90. The monoisotopic (exact) mass is 329 g/mol. The van der Waals surface area contributed by atoms with E-state index in [1.807, 2.05) is 19.1 Å². The Morgan fingerprint density at radius 3 is 3.04 bits per heavy atom. The van der Waals surface area contributed by atoms with Crippen molar-refractivity contribution in [1.29, 1.82) is 0 Å². The zero-order valence-corrected chi connectivity index (χ0v) is 13.6. The van der Waals surface area contributed by atoms with Crippen molar-refractivity contribution in [2.24, 2.45) is 5.92 Å². The van der Waals surface area contributed by atoms with E-state index in [4.69, 9.17) is 4.74 Å². The molecule has 0 saturated heterocycles. The van der Waals surface area contributed by atoms with E-state index in [0.717, 1.165) is 0 Å². The lowest BCUT2D eigenvalue weighted by Gasteiger charge is -2.22. The van der Waals surface area contributed by atoms with Crippen LogP contribution < -0.4 is 15.4 Å². The maximum atomic E-state index is 12.3. The van der Waals surface area contributed by atoms with Crippen LogP contribution in [0.4, 0.5) is 11.6 Å².